The van der Waals surface area contributed by atoms with E-state index < -0.39 is 41.8 Å². The third-order valence-electron chi connectivity index (χ3n) is 9.09. The fourth-order valence-electron chi connectivity index (χ4n) is 7.08. The number of urea groups is 2. The summed E-state index contributed by atoms with van der Waals surface area (Å²) >= 11 is 0. The zero-order chi connectivity index (χ0) is 31.2. The molecule has 1 saturated carbocycles. The second kappa shape index (κ2) is 11.4. The van der Waals surface area contributed by atoms with Gasteiger partial charge in [0.2, 0.25) is 0 Å². The molecule has 8 nitrogen and oxygen atoms in total. The average Bonchev–Trinajstić information content (AvgIpc) is 3.82. The van der Waals surface area contributed by atoms with Crippen molar-refractivity contribution in [1.29, 1.82) is 0 Å². The Labute approximate surface area is 258 Å². The van der Waals surface area contributed by atoms with Crippen LogP contribution in [-0.4, -0.2) is 57.6 Å². The molecular formula is C35H30F2N4O4. The molecule has 4 amide bonds. The number of para-hydroxylation sites is 4. The summed E-state index contributed by atoms with van der Waals surface area (Å²) in [6.45, 7) is -0.113. The minimum absolute atomic E-state index is 0.113. The molecule has 4 aromatic carbocycles. The van der Waals surface area contributed by atoms with Gasteiger partial charge in [-0.05, 0) is 73.2 Å². The van der Waals surface area contributed by atoms with Crippen LogP contribution in [0, 0.1) is 23.5 Å². The lowest BCUT2D eigenvalue weighted by molar-refractivity contribution is -0.149. The topological polar surface area (TPSA) is 84.4 Å². The predicted octanol–water partition coefficient (Wildman–Crippen LogP) is 7.03. The molecule has 1 aliphatic carbocycles. The lowest BCUT2D eigenvalue weighted by Crippen LogP contribution is -2.72. The van der Waals surface area contributed by atoms with E-state index in [0.717, 1.165) is 23.5 Å². The van der Waals surface area contributed by atoms with E-state index in [1.54, 1.807) is 9.80 Å². The van der Waals surface area contributed by atoms with Gasteiger partial charge in [-0.2, -0.15) is 0 Å². The summed E-state index contributed by atoms with van der Waals surface area (Å²) in [5.41, 5.74) is 0.831. The van der Waals surface area contributed by atoms with Crippen LogP contribution in [0.2, 0.25) is 0 Å². The van der Waals surface area contributed by atoms with E-state index in [9.17, 15) is 19.5 Å². The summed E-state index contributed by atoms with van der Waals surface area (Å²) in [7, 11) is 0. The lowest BCUT2D eigenvalue weighted by atomic mass is 9.86. The number of likely N-dealkylation sites (tertiary alicyclic amines) is 1. The number of carboxylic acid groups (broad SMARTS) is 1. The van der Waals surface area contributed by atoms with Gasteiger partial charge >= 0.3 is 18.0 Å². The zero-order valence-corrected chi connectivity index (χ0v) is 24.1. The van der Waals surface area contributed by atoms with Crippen molar-refractivity contribution in [2.24, 2.45) is 11.8 Å². The Kier molecular flexibility index (Phi) is 7.19. The number of hydrogen-bond acceptors (Lipinski definition) is 3. The van der Waals surface area contributed by atoms with Gasteiger partial charge in [0.05, 0.1) is 34.8 Å². The molecule has 2 heterocycles. The SMILES string of the molecule is O=C(O)[C@@H]1C2[C@H]3CC3C[C@@H](CN1C(=O)N(c1ccccc1F)c1ccccc1F)N2C(=O)N(c1ccccc1)c1ccccc1. The maximum absolute atomic E-state index is 15.2. The highest BCUT2D eigenvalue weighted by Gasteiger charge is 2.63. The van der Waals surface area contributed by atoms with Crippen LogP contribution >= 0.6 is 0 Å². The molecule has 5 atom stereocenters. The van der Waals surface area contributed by atoms with E-state index in [-0.39, 0.29) is 35.8 Å². The Hall–Kier alpha value is -5.25. The standard InChI is InChI=1S/C35H30F2N4O4/c36-27-15-7-9-17-29(27)41(30-18-10-8-16-28(30)37)34(44)38-21-25-19-22-20-26(22)31(32(38)33(42)43)40(25)35(45)39(23-11-3-1-4-12-23)24-13-5-2-6-14-24/h1-18,22,25-26,31-32H,19-21H2,(H,42,43)/t22?,25-,26-,31?,32-/m0/s1. The third kappa shape index (κ3) is 4.96. The number of amides is 4. The van der Waals surface area contributed by atoms with Crippen LogP contribution in [0.25, 0.3) is 0 Å². The number of piperidine rings is 1. The van der Waals surface area contributed by atoms with Crippen molar-refractivity contribution in [3.63, 3.8) is 0 Å². The van der Waals surface area contributed by atoms with Gasteiger partial charge in [0, 0.05) is 6.54 Å². The molecule has 2 bridgehead atoms. The molecule has 0 spiro atoms. The molecule has 4 aromatic rings. The Balaban J connectivity index is 1.31. The van der Waals surface area contributed by atoms with Gasteiger partial charge in [-0.1, -0.05) is 60.7 Å². The van der Waals surface area contributed by atoms with Gasteiger partial charge in [-0.15, -0.1) is 0 Å². The van der Waals surface area contributed by atoms with Crippen molar-refractivity contribution in [2.45, 2.75) is 31.0 Å². The molecule has 10 heteroatoms. The lowest BCUT2D eigenvalue weighted by Gasteiger charge is -2.54. The normalized spacial score (nSPS) is 23.1. The summed E-state index contributed by atoms with van der Waals surface area (Å²) in [6.07, 6.45) is 1.32. The summed E-state index contributed by atoms with van der Waals surface area (Å²) in [5, 5.41) is 10.7. The molecule has 228 valence electrons. The van der Waals surface area contributed by atoms with Crippen LogP contribution in [0.5, 0.6) is 0 Å². The number of carbonyl (C=O) groups excluding carboxylic acids is 2. The molecule has 0 radical (unpaired) electrons. The first-order valence-electron chi connectivity index (χ1n) is 14.9. The number of rotatable bonds is 5. The van der Waals surface area contributed by atoms with Crippen molar-refractivity contribution in [3.8, 4) is 0 Å². The maximum atomic E-state index is 15.2. The monoisotopic (exact) mass is 608 g/mol. The zero-order valence-electron chi connectivity index (χ0n) is 24.1. The highest BCUT2D eigenvalue weighted by Crippen LogP contribution is 2.55. The van der Waals surface area contributed by atoms with Gasteiger partial charge in [-0.3, -0.25) is 9.80 Å². The number of aliphatic carboxylic acids is 1. The first kappa shape index (κ1) is 28.5. The largest absolute Gasteiger partial charge is 0.480 e. The Bertz CT molecular complexity index is 1670. The van der Waals surface area contributed by atoms with Crippen LogP contribution in [0.3, 0.4) is 0 Å². The van der Waals surface area contributed by atoms with Crippen molar-refractivity contribution < 1.29 is 28.3 Å². The van der Waals surface area contributed by atoms with Crippen molar-refractivity contribution in [2.75, 3.05) is 16.3 Å². The number of carbonyl (C=O) groups is 3. The molecule has 7 rings (SSSR count). The smallest absolute Gasteiger partial charge is 0.330 e. The second-order valence-electron chi connectivity index (χ2n) is 11.7. The second-order valence-corrected chi connectivity index (χ2v) is 11.7. The molecule has 2 unspecified atom stereocenters. The predicted molar refractivity (Wildman–Crippen MR) is 165 cm³/mol. The molecule has 0 aromatic heterocycles. The summed E-state index contributed by atoms with van der Waals surface area (Å²) in [6, 6.07) is 25.2. The van der Waals surface area contributed by atoms with Gasteiger partial charge < -0.3 is 14.9 Å². The molecule has 1 N–H and O–H groups in total. The highest BCUT2D eigenvalue weighted by atomic mass is 19.1. The number of halogens is 2. The average molecular weight is 609 g/mol. The number of benzene rings is 4. The minimum Gasteiger partial charge on any atom is -0.480 e. The van der Waals surface area contributed by atoms with Gasteiger partial charge in [0.25, 0.3) is 0 Å². The third-order valence-corrected chi connectivity index (χ3v) is 9.09. The number of piperazine rings is 1. The van der Waals surface area contributed by atoms with E-state index >= 15 is 8.78 Å². The van der Waals surface area contributed by atoms with Crippen LogP contribution in [0.15, 0.2) is 109 Å². The minimum atomic E-state index is -1.44. The van der Waals surface area contributed by atoms with Crippen molar-refractivity contribution >= 4 is 40.8 Å². The van der Waals surface area contributed by atoms with E-state index in [1.807, 2.05) is 60.7 Å². The Morgan fingerprint density at radius 1 is 0.667 bits per heavy atom. The van der Waals surface area contributed by atoms with Crippen molar-refractivity contribution in [1.82, 2.24) is 9.80 Å². The van der Waals surface area contributed by atoms with Crippen LogP contribution in [0.1, 0.15) is 12.8 Å². The first-order chi connectivity index (χ1) is 21.8. The quantitative estimate of drug-likeness (QED) is 0.264. The van der Waals surface area contributed by atoms with Gasteiger partial charge in [-0.25, -0.2) is 23.2 Å². The molecule has 3 fully saturated rings. The fourth-order valence-corrected chi connectivity index (χ4v) is 7.08. The van der Waals surface area contributed by atoms with Crippen LogP contribution < -0.4 is 9.80 Å². The summed E-state index contributed by atoms with van der Waals surface area (Å²) in [5.74, 6) is -2.72. The Morgan fingerprint density at radius 2 is 1.18 bits per heavy atom. The molecule has 2 aliphatic heterocycles. The highest BCUT2D eigenvalue weighted by molar-refractivity contribution is 6.03. The van der Waals surface area contributed by atoms with Gasteiger partial charge in [0.15, 0.2) is 6.04 Å². The molecule has 2 saturated heterocycles. The van der Waals surface area contributed by atoms with E-state index in [2.05, 4.69) is 0 Å². The molecule has 45 heavy (non-hydrogen) atoms. The number of nitrogens with zero attached hydrogens (tertiary/aromatic N) is 4. The summed E-state index contributed by atoms with van der Waals surface area (Å²) in [4.78, 5) is 47.5. The molecule has 3 aliphatic rings. The van der Waals surface area contributed by atoms with Crippen LogP contribution in [0.4, 0.5) is 41.1 Å². The van der Waals surface area contributed by atoms with Gasteiger partial charge in [0.1, 0.15) is 11.6 Å². The fraction of sp³-hybridized carbons (Fsp3) is 0.229. The number of carboxylic acids is 1. The van der Waals surface area contributed by atoms with E-state index in [4.69, 9.17) is 0 Å². The number of anilines is 4. The first-order valence-corrected chi connectivity index (χ1v) is 14.9. The van der Waals surface area contributed by atoms with E-state index in [0.29, 0.717) is 17.8 Å². The molecular weight excluding hydrogens is 578 g/mol. The Morgan fingerprint density at radius 3 is 1.69 bits per heavy atom. The number of hydrogen-bond donors (Lipinski definition) is 1. The van der Waals surface area contributed by atoms with Crippen molar-refractivity contribution in [3.05, 3.63) is 121 Å². The van der Waals surface area contributed by atoms with Crippen LogP contribution in [-0.2, 0) is 4.79 Å². The van der Waals surface area contributed by atoms with E-state index in [1.165, 1.54) is 41.3 Å². The maximum Gasteiger partial charge on any atom is 0.330 e. The summed E-state index contributed by atoms with van der Waals surface area (Å²) < 4.78 is 30.4. The number of fused-ring (bicyclic) bond motifs is 4.